The second kappa shape index (κ2) is 4.15. The first-order chi connectivity index (χ1) is 5.38. The third-order valence-electron chi connectivity index (χ3n) is 1.59. The van der Waals surface area contributed by atoms with E-state index in [9.17, 15) is 0 Å². The Bertz CT molecular complexity index is 214. The molecular weight excluding hydrogens is 146 g/mol. The summed E-state index contributed by atoms with van der Waals surface area (Å²) in [6, 6.07) is 0. The SMILES string of the molecule is C=C(/C=C(\N)C(C)(C)C)/C=C/C. The average molecular weight is 165 g/mol. The Balaban J connectivity index is 4.47. The van der Waals surface area contributed by atoms with Crippen LogP contribution in [0.25, 0.3) is 0 Å². The van der Waals surface area contributed by atoms with Crippen molar-refractivity contribution in [2.24, 2.45) is 11.1 Å². The van der Waals surface area contributed by atoms with E-state index in [4.69, 9.17) is 5.73 Å². The van der Waals surface area contributed by atoms with Gasteiger partial charge in [-0.05, 0) is 18.6 Å². The molecule has 0 saturated carbocycles. The zero-order valence-electron chi connectivity index (χ0n) is 8.52. The topological polar surface area (TPSA) is 26.0 Å². The van der Waals surface area contributed by atoms with Crippen LogP contribution < -0.4 is 5.73 Å². The van der Waals surface area contributed by atoms with Crippen molar-refractivity contribution in [2.75, 3.05) is 0 Å². The molecule has 0 rings (SSSR count). The van der Waals surface area contributed by atoms with Crippen molar-refractivity contribution in [2.45, 2.75) is 27.7 Å². The zero-order chi connectivity index (χ0) is 9.78. The van der Waals surface area contributed by atoms with E-state index in [0.717, 1.165) is 11.3 Å². The van der Waals surface area contributed by atoms with E-state index in [1.807, 2.05) is 25.2 Å². The third-order valence-corrected chi connectivity index (χ3v) is 1.59. The lowest BCUT2D eigenvalue weighted by molar-refractivity contribution is 0.497. The molecule has 68 valence electrons. The van der Waals surface area contributed by atoms with E-state index in [1.165, 1.54) is 0 Å². The van der Waals surface area contributed by atoms with Gasteiger partial charge < -0.3 is 5.73 Å². The molecule has 0 amide bonds. The molecule has 0 aliphatic heterocycles. The van der Waals surface area contributed by atoms with E-state index in [1.54, 1.807) is 0 Å². The molecule has 0 saturated heterocycles. The summed E-state index contributed by atoms with van der Waals surface area (Å²) in [5.41, 5.74) is 7.70. The molecule has 0 unspecified atom stereocenters. The predicted molar refractivity (Wildman–Crippen MR) is 55.7 cm³/mol. The Labute approximate surface area is 75.7 Å². The number of hydrogen-bond acceptors (Lipinski definition) is 1. The van der Waals surface area contributed by atoms with Gasteiger partial charge >= 0.3 is 0 Å². The van der Waals surface area contributed by atoms with Crippen molar-refractivity contribution in [1.29, 1.82) is 0 Å². The van der Waals surface area contributed by atoms with Crippen LogP contribution in [0.15, 0.2) is 36.1 Å². The highest BCUT2D eigenvalue weighted by Crippen LogP contribution is 2.21. The van der Waals surface area contributed by atoms with E-state index < -0.39 is 0 Å². The van der Waals surface area contributed by atoms with E-state index in [0.29, 0.717) is 0 Å². The second-order valence-corrected chi connectivity index (χ2v) is 3.92. The number of rotatable bonds is 2. The molecule has 0 bridgehead atoms. The standard InChI is InChI=1S/C11H19N/c1-6-7-9(2)8-10(12)11(3,4)5/h6-8H,2,12H2,1,3-5H3/b7-6+,10-8-. The van der Waals surface area contributed by atoms with Gasteiger partial charge in [0.2, 0.25) is 0 Å². The van der Waals surface area contributed by atoms with Crippen LogP contribution in [-0.4, -0.2) is 0 Å². The summed E-state index contributed by atoms with van der Waals surface area (Å²) in [4.78, 5) is 0. The Kier molecular flexibility index (Phi) is 3.81. The predicted octanol–water partition coefficient (Wildman–Crippen LogP) is 3.01. The highest BCUT2D eigenvalue weighted by molar-refractivity contribution is 5.31. The second-order valence-electron chi connectivity index (χ2n) is 3.92. The van der Waals surface area contributed by atoms with Crippen LogP contribution in [-0.2, 0) is 0 Å². The van der Waals surface area contributed by atoms with Gasteiger partial charge in [-0.1, -0.05) is 39.5 Å². The fourth-order valence-electron chi connectivity index (χ4n) is 0.678. The molecule has 0 fully saturated rings. The van der Waals surface area contributed by atoms with Gasteiger partial charge in [-0.25, -0.2) is 0 Å². The Morgan fingerprint density at radius 2 is 1.83 bits per heavy atom. The summed E-state index contributed by atoms with van der Waals surface area (Å²) in [6.07, 6.45) is 5.81. The van der Waals surface area contributed by atoms with Gasteiger partial charge in [0.25, 0.3) is 0 Å². The van der Waals surface area contributed by atoms with Crippen molar-refractivity contribution in [3.63, 3.8) is 0 Å². The first-order valence-electron chi connectivity index (χ1n) is 4.17. The van der Waals surface area contributed by atoms with Crippen molar-refractivity contribution >= 4 is 0 Å². The van der Waals surface area contributed by atoms with Crippen LogP contribution in [0.1, 0.15) is 27.7 Å². The Morgan fingerprint density at radius 1 is 1.33 bits per heavy atom. The van der Waals surface area contributed by atoms with Crippen molar-refractivity contribution in [3.8, 4) is 0 Å². The minimum Gasteiger partial charge on any atom is -0.402 e. The van der Waals surface area contributed by atoms with Gasteiger partial charge in [0.05, 0.1) is 0 Å². The van der Waals surface area contributed by atoms with Gasteiger partial charge in [0.1, 0.15) is 0 Å². The summed E-state index contributed by atoms with van der Waals surface area (Å²) in [5.74, 6) is 0. The summed E-state index contributed by atoms with van der Waals surface area (Å²) in [5, 5.41) is 0. The highest BCUT2D eigenvalue weighted by atomic mass is 14.6. The molecule has 2 N–H and O–H groups in total. The normalized spacial score (nSPS) is 13.8. The smallest absolute Gasteiger partial charge is 0.0141 e. The molecular formula is C11H19N. The largest absolute Gasteiger partial charge is 0.402 e. The van der Waals surface area contributed by atoms with Crippen LogP contribution in [0.5, 0.6) is 0 Å². The average Bonchev–Trinajstić information content (AvgIpc) is 1.85. The maximum atomic E-state index is 5.85. The molecule has 0 aliphatic rings. The monoisotopic (exact) mass is 165 g/mol. The quantitative estimate of drug-likeness (QED) is 0.625. The lowest BCUT2D eigenvalue weighted by Gasteiger charge is -2.18. The molecule has 0 aliphatic carbocycles. The number of allylic oxidation sites excluding steroid dienone is 5. The lowest BCUT2D eigenvalue weighted by Crippen LogP contribution is -2.16. The van der Waals surface area contributed by atoms with Gasteiger partial charge in [0, 0.05) is 11.1 Å². The molecule has 0 aromatic carbocycles. The molecule has 0 aromatic heterocycles. The number of nitrogens with two attached hydrogens (primary N) is 1. The summed E-state index contributed by atoms with van der Waals surface area (Å²) < 4.78 is 0. The Morgan fingerprint density at radius 3 is 2.17 bits per heavy atom. The molecule has 0 spiro atoms. The number of hydrogen-bond donors (Lipinski definition) is 1. The van der Waals surface area contributed by atoms with Crippen molar-refractivity contribution in [3.05, 3.63) is 36.1 Å². The first kappa shape index (κ1) is 11.0. The molecule has 0 heterocycles. The fourth-order valence-corrected chi connectivity index (χ4v) is 0.678. The van der Waals surface area contributed by atoms with Crippen LogP contribution >= 0.6 is 0 Å². The Hall–Kier alpha value is -0.980. The van der Waals surface area contributed by atoms with Gasteiger partial charge in [0.15, 0.2) is 0 Å². The third kappa shape index (κ3) is 4.02. The van der Waals surface area contributed by atoms with Crippen LogP contribution in [0.2, 0.25) is 0 Å². The van der Waals surface area contributed by atoms with E-state index in [2.05, 4.69) is 27.4 Å². The fraction of sp³-hybridized carbons (Fsp3) is 0.455. The summed E-state index contributed by atoms with van der Waals surface area (Å²) in [6.45, 7) is 12.1. The highest BCUT2D eigenvalue weighted by Gasteiger charge is 2.12. The van der Waals surface area contributed by atoms with Gasteiger partial charge in [-0.3, -0.25) is 0 Å². The molecule has 12 heavy (non-hydrogen) atoms. The molecule has 0 atom stereocenters. The minimum absolute atomic E-state index is 0.0323. The minimum atomic E-state index is 0.0323. The van der Waals surface area contributed by atoms with Gasteiger partial charge in [-0.15, -0.1) is 0 Å². The van der Waals surface area contributed by atoms with Crippen LogP contribution in [0, 0.1) is 5.41 Å². The molecule has 1 nitrogen and oxygen atoms in total. The zero-order valence-corrected chi connectivity index (χ0v) is 8.52. The van der Waals surface area contributed by atoms with Gasteiger partial charge in [-0.2, -0.15) is 0 Å². The van der Waals surface area contributed by atoms with Crippen molar-refractivity contribution < 1.29 is 0 Å². The van der Waals surface area contributed by atoms with Crippen LogP contribution in [0.3, 0.4) is 0 Å². The molecule has 0 aromatic rings. The molecule has 0 radical (unpaired) electrons. The summed E-state index contributed by atoms with van der Waals surface area (Å²) in [7, 11) is 0. The van der Waals surface area contributed by atoms with E-state index >= 15 is 0 Å². The molecule has 1 heteroatoms. The van der Waals surface area contributed by atoms with Crippen molar-refractivity contribution in [1.82, 2.24) is 0 Å². The maximum Gasteiger partial charge on any atom is 0.0141 e. The lowest BCUT2D eigenvalue weighted by atomic mass is 9.91. The maximum absolute atomic E-state index is 5.85. The summed E-state index contributed by atoms with van der Waals surface area (Å²) >= 11 is 0. The van der Waals surface area contributed by atoms with Crippen LogP contribution in [0.4, 0.5) is 0 Å². The van der Waals surface area contributed by atoms with E-state index in [-0.39, 0.29) is 5.41 Å². The first-order valence-corrected chi connectivity index (χ1v) is 4.17.